The molecule has 1 unspecified atom stereocenters. The van der Waals surface area contributed by atoms with Gasteiger partial charge in [0.1, 0.15) is 0 Å². The molecule has 0 fully saturated rings. The van der Waals surface area contributed by atoms with E-state index in [2.05, 4.69) is 53.7 Å². The molecule has 2 heterocycles. The summed E-state index contributed by atoms with van der Waals surface area (Å²) in [5, 5.41) is 4.35. The van der Waals surface area contributed by atoms with Gasteiger partial charge in [-0.3, -0.25) is 4.18 Å². The van der Waals surface area contributed by atoms with E-state index < -0.39 is 11.1 Å². The Morgan fingerprint density at radius 1 is 1.21 bits per heavy atom. The molecule has 0 saturated heterocycles. The van der Waals surface area contributed by atoms with Crippen LogP contribution in [-0.2, 0) is 20.7 Å². The van der Waals surface area contributed by atoms with E-state index in [-0.39, 0.29) is 5.41 Å². The molecular formula is C18H19IN2O2S. The Morgan fingerprint density at radius 2 is 1.92 bits per heavy atom. The third kappa shape index (κ3) is 3.70. The summed E-state index contributed by atoms with van der Waals surface area (Å²) in [5.41, 5.74) is 3.04. The molecular weight excluding hydrogens is 435 g/mol. The molecule has 4 nitrogen and oxygen atoms in total. The molecule has 3 rings (SSSR count). The van der Waals surface area contributed by atoms with Gasteiger partial charge >= 0.3 is 0 Å². The van der Waals surface area contributed by atoms with Gasteiger partial charge < -0.3 is 0 Å². The average Bonchev–Trinajstić information content (AvgIpc) is 2.94. The number of halogens is 1. The van der Waals surface area contributed by atoms with Crippen molar-refractivity contribution in [1.82, 2.24) is 9.61 Å². The molecule has 0 N–H and O–H groups in total. The lowest BCUT2D eigenvalue weighted by atomic mass is 9.87. The second kappa shape index (κ2) is 6.93. The van der Waals surface area contributed by atoms with Crippen LogP contribution in [0.2, 0.25) is 0 Å². The maximum absolute atomic E-state index is 12.3. The first-order chi connectivity index (χ1) is 11.4. The highest BCUT2D eigenvalue weighted by Crippen LogP contribution is 2.26. The number of nitrogens with zero attached hydrogens (tertiary/aromatic N) is 2. The van der Waals surface area contributed by atoms with Crippen molar-refractivity contribution in [3.8, 4) is 0 Å². The molecule has 0 aliphatic heterocycles. The van der Waals surface area contributed by atoms with Crippen LogP contribution in [0, 0.1) is 10.5 Å². The molecule has 126 valence electrons. The lowest BCUT2D eigenvalue weighted by Gasteiger charge is -2.24. The SMILES string of the molecule is Cc1ccc(S(=O)OCC(C)(C)c2ccc3c(I)cnn3c2)cc1. The number of aryl methyl sites for hydroxylation is 1. The Morgan fingerprint density at radius 3 is 2.62 bits per heavy atom. The molecule has 0 aliphatic carbocycles. The number of hydrogen-bond donors (Lipinski definition) is 0. The molecule has 0 aliphatic rings. The van der Waals surface area contributed by atoms with E-state index in [0.717, 1.165) is 20.2 Å². The highest BCUT2D eigenvalue weighted by Gasteiger charge is 2.23. The van der Waals surface area contributed by atoms with Gasteiger partial charge in [0.25, 0.3) is 0 Å². The Labute approximate surface area is 158 Å². The predicted molar refractivity (Wildman–Crippen MR) is 104 cm³/mol. The second-order valence-electron chi connectivity index (χ2n) is 6.43. The highest BCUT2D eigenvalue weighted by atomic mass is 127. The number of aromatic nitrogens is 2. The van der Waals surface area contributed by atoms with Crippen LogP contribution in [0.15, 0.2) is 53.7 Å². The van der Waals surface area contributed by atoms with Gasteiger partial charge in [-0.25, -0.2) is 8.72 Å². The number of benzene rings is 1. The molecule has 0 spiro atoms. The van der Waals surface area contributed by atoms with Crippen LogP contribution < -0.4 is 0 Å². The first kappa shape index (κ1) is 17.6. The van der Waals surface area contributed by atoms with Gasteiger partial charge in [-0.1, -0.05) is 37.6 Å². The van der Waals surface area contributed by atoms with Crippen LogP contribution in [0.1, 0.15) is 25.0 Å². The van der Waals surface area contributed by atoms with Gasteiger partial charge in [0.2, 0.25) is 0 Å². The van der Waals surface area contributed by atoms with Crippen LogP contribution in [0.3, 0.4) is 0 Å². The minimum absolute atomic E-state index is 0.272. The first-order valence-corrected chi connectivity index (χ1v) is 9.77. The summed E-state index contributed by atoms with van der Waals surface area (Å²) in [6, 6.07) is 11.7. The van der Waals surface area contributed by atoms with E-state index in [1.807, 2.05) is 48.1 Å². The third-order valence-electron chi connectivity index (χ3n) is 3.99. The molecule has 6 heteroatoms. The predicted octanol–water partition coefficient (Wildman–Crippen LogP) is 4.26. The van der Waals surface area contributed by atoms with E-state index in [1.165, 1.54) is 0 Å². The van der Waals surface area contributed by atoms with E-state index in [1.54, 1.807) is 0 Å². The first-order valence-electron chi connectivity index (χ1n) is 7.62. The van der Waals surface area contributed by atoms with E-state index in [4.69, 9.17) is 4.18 Å². The number of fused-ring (bicyclic) bond motifs is 1. The van der Waals surface area contributed by atoms with Crippen LogP contribution in [0.25, 0.3) is 5.52 Å². The number of rotatable bonds is 5. The standard InChI is InChI=1S/C18H19IN2O2S/c1-13-4-7-15(8-5-13)24(22)23-12-18(2,3)14-6-9-17-16(19)10-20-21(17)11-14/h4-11H,12H2,1-3H3. The Bertz CT molecular complexity index is 888. The van der Waals surface area contributed by atoms with Crippen molar-refractivity contribution in [2.45, 2.75) is 31.1 Å². The van der Waals surface area contributed by atoms with Gasteiger partial charge in [0.05, 0.1) is 26.8 Å². The van der Waals surface area contributed by atoms with Gasteiger partial charge in [0, 0.05) is 11.6 Å². The molecule has 0 bridgehead atoms. The van der Waals surface area contributed by atoms with Crippen LogP contribution >= 0.6 is 22.6 Å². The minimum atomic E-state index is -1.46. The molecule has 0 saturated carbocycles. The normalized spacial score (nSPS) is 13.3. The minimum Gasteiger partial charge on any atom is -0.286 e. The monoisotopic (exact) mass is 454 g/mol. The summed E-state index contributed by atoms with van der Waals surface area (Å²) in [6.45, 7) is 6.52. The van der Waals surface area contributed by atoms with Gasteiger partial charge in [0.15, 0.2) is 11.1 Å². The van der Waals surface area contributed by atoms with Gasteiger partial charge in [-0.2, -0.15) is 5.10 Å². The van der Waals surface area contributed by atoms with Crippen LogP contribution in [-0.4, -0.2) is 20.4 Å². The summed E-state index contributed by atoms with van der Waals surface area (Å²) in [5.74, 6) is 0. The smallest absolute Gasteiger partial charge is 0.189 e. The topological polar surface area (TPSA) is 43.6 Å². The van der Waals surface area contributed by atoms with Crippen LogP contribution in [0.5, 0.6) is 0 Å². The van der Waals surface area contributed by atoms with Crippen LogP contribution in [0.4, 0.5) is 0 Å². The summed E-state index contributed by atoms with van der Waals surface area (Å²) >= 11 is 0.813. The molecule has 0 radical (unpaired) electrons. The van der Waals surface area contributed by atoms with Crippen molar-refractivity contribution in [3.05, 3.63) is 63.5 Å². The van der Waals surface area contributed by atoms with E-state index in [9.17, 15) is 4.21 Å². The fraction of sp³-hybridized carbons (Fsp3) is 0.278. The molecule has 1 atom stereocenters. The van der Waals surface area contributed by atoms with Crippen molar-refractivity contribution in [2.75, 3.05) is 6.61 Å². The average molecular weight is 454 g/mol. The zero-order chi connectivity index (χ0) is 17.3. The summed E-state index contributed by atoms with van der Waals surface area (Å²) in [7, 11) is 0. The summed E-state index contributed by atoms with van der Waals surface area (Å²) in [4.78, 5) is 0.688. The Hall–Kier alpha value is -1.25. The fourth-order valence-corrected chi connectivity index (χ4v) is 3.80. The Kier molecular flexibility index (Phi) is 5.08. The fourth-order valence-electron chi connectivity index (χ4n) is 2.35. The van der Waals surface area contributed by atoms with Gasteiger partial charge in [-0.05, 0) is 53.3 Å². The molecule has 0 amide bonds. The van der Waals surface area contributed by atoms with Crippen molar-refractivity contribution in [1.29, 1.82) is 0 Å². The lowest BCUT2D eigenvalue weighted by molar-refractivity contribution is 0.262. The maximum atomic E-state index is 12.3. The quantitative estimate of drug-likeness (QED) is 0.541. The zero-order valence-electron chi connectivity index (χ0n) is 13.8. The maximum Gasteiger partial charge on any atom is 0.189 e. The number of hydrogen-bond acceptors (Lipinski definition) is 3. The van der Waals surface area contributed by atoms with Crippen molar-refractivity contribution in [3.63, 3.8) is 0 Å². The van der Waals surface area contributed by atoms with Gasteiger partial charge in [-0.15, -0.1) is 0 Å². The van der Waals surface area contributed by atoms with Crippen molar-refractivity contribution in [2.24, 2.45) is 0 Å². The van der Waals surface area contributed by atoms with E-state index >= 15 is 0 Å². The third-order valence-corrected chi connectivity index (χ3v) is 5.81. The molecule has 1 aromatic carbocycles. The van der Waals surface area contributed by atoms with Crippen molar-refractivity contribution < 1.29 is 8.39 Å². The zero-order valence-corrected chi connectivity index (χ0v) is 16.8. The molecule has 24 heavy (non-hydrogen) atoms. The summed E-state index contributed by atoms with van der Waals surface area (Å²) in [6.07, 6.45) is 3.85. The molecule has 3 aromatic rings. The molecule has 2 aromatic heterocycles. The second-order valence-corrected chi connectivity index (χ2v) is 8.77. The largest absolute Gasteiger partial charge is 0.286 e. The number of pyridine rings is 1. The van der Waals surface area contributed by atoms with Crippen molar-refractivity contribution >= 4 is 39.2 Å². The lowest BCUT2D eigenvalue weighted by Crippen LogP contribution is -2.25. The summed E-state index contributed by atoms with van der Waals surface area (Å²) < 4.78 is 21.0. The van der Waals surface area contributed by atoms with E-state index in [0.29, 0.717) is 11.5 Å². The highest BCUT2D eigenvalue weighted by molar-refractivity contribution is 14.1. The Balaban J connectivity index is 1.74.